The minimum atomic E-state index is 0.666. The van der Waals surface area contributed by atoms with Gasteiger partial charge >= 0.3 is 0 Å². The first kappa shape index (κ1) is 11.0. The van der Waals surface area contributed by atoms with Gasteiger partial charge in [0.15, 0.2) is 6.29 Å². The summed E-state index contributed by atoms with van der Waals surface area (Å²) < 4.78 is 1.88. The first-order chi connectivity index (χ1) is 8.88. The van der Waals surface area contributed by atoms with Crippen LogP contribution in [0.25, 0.3) is 16.1 Å². The molecule has 3 aromatic rings. The smallest absolute Gasteiger partial charge is 0.166 e. The fourth-order valence-electron chi connectivity index (χ4n) is 1.95. The molecule has 3 rings (SSSR count). The molecule has 2 nitrogen and oxygen atoms in total. The van der Waals surface area contributed by atoms with E-state index in [0.717, 1.165) is 12.0 Å². The van der Waals surface area contributed by atoms with Gasteiger partial charge in [-0.1, -0.05) is 18.2 Å². The van der Waals surface area contributed by atoms with Gasteiger partial charge in [0.25, 0.3) is 0 Å². The third-order valence-corrected chi connectivity index (χ3v) is 3.77. The van der Waals surface area contributed by atoms with Crippen molar-refractivity contribution < 1.29 is 4.79 Å². The monoisotopic (exact) mass is 253 g/mol. The molecule has 0 aliphatic carbocycles. The van der Waals surface area contributed by atoms with Crippen molar-refractivity contribution in [3.63, 3.8) is 0 Å². The summed E-state index contributed by atoms with van der Waals surface area (Å²) in [5.41, 5.74) is 2.87. The van der Waals surface area contributed by atoms with Gasteiger partial charge in [0.1, 0.15) is 0 Å². The highest BCUT2D eigenvalue weighted by molar-refractivity contribution is 7.13. The highest BCUT2D eigenvalue weighted by Gasteiger charge is 2.03. The van der Waals surface area contributed by atoms with Crippen LogP contribution >= 0.6 is 11.3 Å². The lowest BCUT2D eigenvalue weighted by molar-refractivity contribution is 0.111. The first-order valence-corrected chi connectivity index (χ1v) is 6.53. The molecule has 0 radical (unpaired) electrons. The van der Waals surface area contributed by atoms with Gasteiger partial charge in [0.2, 0.25) is 0 Å². The number of thiophene rings is 1. The summed E-state index contributed by atoms with van der Waals surface area (Å²) in [7, 11) is 0. The molecule has 0 N–H and O–H groups in total. The number of nitrogens with zero attached hydrogens (tertiary/aromatic N) is 1. The Kier molecular flexibility index (Phi) is 2.82. The van der Waals surface area contributed by atoms with Crippen molar-refractivity contribution in [2.75, 3.05) is 0 Å². The van der Waals surface area contributed by atoms with Crippen molar-refractivity contribution >= 4 is 17.6 Å². The molecule has 0 saturated carbocycles. The predicted molar refractivity (Wildman–Crippen MR) is 74.5 cm³/mol. The molecule has 88 valence electrons. The molecule has 2 heterocycles. The summed E-state index contributed by atoms with van der Waals surface area (Å²) in [5, 5.41) is 2.07. The van der Waals surface area contributed by atoms with Crippen molar-refractivity contribution in [3.05, 3.63) is 65.8 Å². The second-order valence-corrected chi connectivity index (χ2v) is 4.89. The van der Waals surface area contributed by atoms with Crippen LogP contribution in [-0.2, 0) is 0 Å². The molecular formula is C15H11NOS. The van der Waals surface area contributed by atoms with Crippen molar-refractivity contribution in [3.8, 4) is 16.1 Å². The molecule has 0 bridgehead atoms. The molecular weight excluding hydrogens is 242 g/mol. The maximum atomic E-state index is 10.9. The van der Waals surface area contributed by atoms with E-state index < -0.39 is 0 Å². The van der Waals surface area contributed by atoms with Crippen LogP contribution in [0.1, 0.15) is 10.5 Å². The maximum absolute atomic E-state index is 10.9. The van der Waals surface area contributed by atoms with Gasteiger partial charge in [-0.15, -0.1) is 11.3 Å². The van der Waals surface area contributed by atoms with E-state index in [9.17, 15) is 4.79 Å². The molecule has 0 spiro atoms. The van der Waals surface area contributed by atoms with Crippen molar-refractivity contribution in [2.24, 2.45) is 0 Å². The lowest BCUT2D eigenvalue weighted by Gasteiger charge is -2.06. The predicted octanol–water partition coefficient (Wildman–Crippen LogP) is 4.02. The minimum Gasteiger partial charge on any atom is -0.314 e. The van der Waals surface area contributed by atoms with E-state index in [-0.39, 0.29) is 0 Å². The van der Waals surface area contributed by atoms with Crippen LogP contribution in [0.4, 0.5) is 0 Å². The van der Waals surface area contributed by atoms with Crippen LogP contribution in [-0.4, -0.2) is 10.9 Å². The molecule has 0 atom stereocenters. The number of benzene rings is 1. The van der Waals surface area contributed by atoms with Crippen LogP contribution in [0.2, 0.25) is 0 Å². The van der Waals surface area contributed by atoms with E-state index in [0.29, 0.717) is 5.69 Å². The van der Waals surface area contributed by atoms with E-state index >= 15 is 0 Å². The summed E-state index contributed by atoms with van der Waals surface area (Å²) in [4.78, 5) is 12.2. The summed E-state index contributed by atoms with van der Waals surface area (Å²) in [6.07, 6.45) is 2.76. The first-order valence-electron chi connectivity index (χ1n) is 5.65. The van der Waals surface area contributed by atoms with E-state index in [1.54, 1.807) is 17.4 Å². The van der Waals surface area contributed by atoms with E-state index in [1.807, 2.05) is 35.0 Å². The number of aldehydes is 1. The molecule has 0 saturated heterocycles. The molecule has 0 fully saturated rings. The summed E-state index contributed by atoms with van der Waals surface area (Å²) in [5.74, 6) is 0. The second kappa shape index (κ2) is 4.63. The Morgan fingerprint density at radius 2 is 1.83 bits per heavy atom. The SMILES string of the molecule is O=Cc1cccn1-c1ccc(-c2cccs2)cc1. The van der Waals surface area contributed by atoms with Crippen LogP contribution in [0.3, 0.4) is 0 Å². The topological polar surface area (TPSA) is 22.0 Å². The quantitative estimate of drug-likeness (QED) is 0.646. The van der Waals surface area contributed by atoms with E-state index in [1.165, 1.54) is 10.4 Å². The molecule has 1 aromatic carbocycles. The average molecular weight is 253 g/mol. The van der Waals surface area contributed by atoms with Gasteiger partial charge in [-0.05, 0) is 41.3 Å². The van der Waals surface area contributed by atoms with Crippen LogP contribution in [0, 0.1) is 0 Å². The van der Waals surface area contributed by atoms with Gasteiger partial charge in [0.05, 0.1) is 5.69 Å². The third-order valence-electron chi connectivity index (χ3n) is 2.85. The summed E-state index contributed by atoms with van der Waals surface area (Å²) in [6.45, 7) is 0. The van der Waals surface area contributed by atoms with Gasteiger partial charge in [-0.2, -0.15) is 0 Å². The zero-order valence-corrected chi connectivity index (χ0v) is 10.4. The Labute approximate surface area is 109 Å². The van der Waals surface area contributed by atoms with Crippen LogP contribution in [0.15, 0.2) is 60.1 Å². The Balaban J connectivity index is 1.99. The number of hydrogen-bond acceptors (Lipinski definition) is 2. The van der Waals surface area contributed by atoms with Gasteiger partial charge in [0, 0.05) is 16.8 Å². The fourth-order valence-corrected chi connectivity index (χ4v) is 2.69. The van der Waals surface area contributed by atoms with Gasteiger partial charge in [-0.3, -0.25) is 4.79 Å². The Morgan fingerprint density at radius 3 is 2.50 bits per heavy atom. The summed E-state index contributed by atoms with van der Waals surface area (Å²) in [6, 6.07) is 16.0. The molecule has 2 aromatic heterocycles. The number of aromatic nitrogens is 1. The van der Waals surface area contributed by atoms with Crippen molar-refractivity contribution in [1.82, 2.24) is 4.57 Å². The number of carbonyl (C=O) groups is 1. The van der Waals surface area contributed by atoms with Crippen molar-refractivity contribution in [2.45, 2.75) is 0 Å². The third kappa shape index (κ3) is 1.89. The second-order valence-electron chi connectivity index (χ2n) is 3.95. The fraction of sp³-hybridized carbons (Fsp3) is 0. The van der Waals surface area contributed by atoms with E-state index in [4.69, 9.17) is 0 Å². The Morgan fingerprint density at radius 1 is 1.00 bits per heavy atom. The molecule has 0 amide bonds. The molecule has 3 heteroatoms. The molecule has 0 aliphatic rings. The molecule has 0 aliphatic heterocycles. The Bertz CT molecular complexity index is 650. The normalized spacial score (nSPS) is 10.4. The molecule has 18 heavy (non-hydrogen) atoms. The maximum Gasteiger partial charge on any atom is 0.166 e. The lowest BCUT2D eigenvalue weighted by Crippen LogP contribution is -1.96. The summed E-state index contributed by atoms with van der Waals surface area (Å²) >= 11 is 1.72. The zero-order chi connectivity index (χ0) is 12.4. The number of carbonyl (C=O) groups excluding carboxylic acids is 1. The van der Waals surface area contributed by atoms with Crippen LogP contribution < -0.4 is 0 Å². The largest absolute Gasteiger partial charge is 0.314 e. The highest BCUT2D eigenvalue weighted by Crippen LogP contribution is 2.25. The molecule has 0 unspecified atom stereocenters. The Hall–Kier alpha value is -2.13. The van der Waals surface area contributed by atoms with Crippen LogP contribution in [0.5, 0.6) is 0 Å². The van der Waals surface area contributed by atoms with Gasteiger partial charge in [-0.25, -0.2) is 0 Å². The zero-order valence-electron chi connectivity index (χ0n) is 9.61. The highest BCUT2D eigenvalue weighted by atomic mass is 32.1. The number of hydrogen-bond donors (Lipinski definition) is 0. The van der Waals surface area contributed by atoms with E-state index in [2.05, 4.69) is 23.6 Å². The number of rotatable bonds is 3. The lowest BCUT2D eigenvalue weighted by atomic mass is 10.2. The standard InChI is InChI=1S/C15H11NOS/c17-11-14-3-1-9-16(14)13-7-5-12(6-8-13)15-4-2-10-18-15/h1-11H. The van der Waals surface area contributed by atoms with Crippen molar-refractivity contribution in [1.29, 1.82) is 0 Å². The van der Waals surface area contributed by atoms with Gasteiger partial charge < -0.3 is 4.57 Å². The minimum absolute atomic E-state index is 0.666. The average Bonchev–Trinajstić information content (AvgIpc) is 3.10.